The highest BCUT2D eigenvalue weighted by molar-refractivity contribution is 5.44. The zero-order chi connectivity index (χ0) is 18.9. The molecule has 1 aromatic carbocycles. The summed E-state index contributed by atoms with van der Waals surface area (Å²) in [5.41, 5.74) is 7.00. The van der Waals surface area contributed by atoms with Gasteiger partial charge in [0.2, 0.25) is 0 Å². The van der Waals surface area contributed by atoms with E-state index in [1.165, 1.54) is 27.8 Å². The molecule has 0 saturated carbocycles. The summed E-state index contributed by atoms with van der Waals surface area (Å²) in [5.74, 6) is -0.591. The lowest BCUT2D eigenvalue weighted by Gasteiger charge is -2.44. The average Bonchev–Trinajstić information content (AvgIpc) is 3.09. The lowest BCUT2D eigenvalue weighted by atomic mass is 9.89. The van der Waals surface area contributed by atoms with Gasteiger partial charge in [0.25, 0.3) is 0 Å². The van der Waals surface area contributed by atoms with Gasteiger partial charge in [0, 0.05) is 24.2 Å². The van der Waals surface area contributed by atoms with Crippen LogP contribution in [0.4, 0.5) is 0 Å². The lowest BCUT2D eigenvalue weighted by Crippen LogP contribution is -2.50. The van der Waals surface area contributed by atoms with E-state index in [1.54, 1.807) is 6.20 Å². The van der Waals surface area contributed by atoms with E-state index >= 15 is 0 Å². The molecule has 1 aliphatic rings. The van der Waals surface area contributed by atoms with Crippen LogP contribution in [0, 0.1) is 33.1 Å². The van der Waals surface area contributed by atoms with Crippen molar-refractivity contribution in [3.63, 3.8) is 0 Å². The highest BCUT2D eigenvalue weighted by Gasteiger charge is 2.40. The van der Waals surface area contributed by atoms with Gasteiger partial charge in [0.15, 0.2) is 5.79 Å². The summed E-state index contributed by atoms with van der Waals surface area (Å²) in [7, 11) is 0. The molecule has 0 N–H and O–H groups in total. The summed E-state index contributed by atoms with van der Waals surface area (Å²) >= 11 is 0. The van der Waals surface area contributed by atoms with Crippen LogP contribution in [0.1, 0.15) is 48.1 Å². The molecular weight excluding hydrogens is 324 g/mol. The third kappa shape index (κ3) is 4.02. The molecule has 4 heteroatoms. The van der Waals surface area contributed by atoms with Crippen molar-refractivity contribution in [3.05, 3.63) is 52.6 Å². The van der Waals surface area contributed by atoms with Crippen LogP contribution < -0.4 is 0 Å². The van der Waals surface area contributed by atoms with Crippen LogP contribution in [0.5, 0.6) is 0 Å². The zero-order valence-electron chi connectivity index (χ0n) is 17.1. The van der Waals surface area contributed by atoms with Crippen molar-refractivity contribution in [2.24, 2.45) is 5.41 Å². The minimum atomic E-state index is -0.591. The molecule has 1 fully saturated rings. The maximum Gasteiger partial charge on any atom is 0.186 e. The molecule has 0 atom stereocenters. The highest BCUT2D eigenvalue weighted by atomic mass is 16.7. The monoisotopic (exact) mass is 356 g/mol. The minimum Gasteiger partial charge on any atom is -0.348 e. The number of ether oxygens (including phenoxy) is 2. The first-order chi connectivity index (χ1) is 12.2. The second kappa shape index (κ2) is 7.16. The Labute approximate surface area is 157 Å². The van der Waals surface area contributed by atoms with Crippen LogP contribution in [0.2, 0.25) is 0 Å². The number of aryl methyl sites for hydroxylation is 2. The number of imidazole rings is 1. The fraction of sp³-hybridized carbons (Fsp3) is 0.591. The van der Waals surface area contributed by atoms with Crippen molar-refractivity contribution in [1.82, 2.24) is 9.55 Å². The molecule has 142 valence electrons. The Morgan fingerprint density at radius 3 is 2.19 bits per heavy atom. The fourth-order valence-electron chi connectivity index (χ4n) is 3.70. The normalized spacial score (nSPS) is 18.8. The van der Waals surface area contributed by atoms with Crippen LogP contribution in [-0.4, -0.2) is 28.6 Å². The van der Waals surface area contributed by atoms with Gasteiger partial charge in [0.1, 0.15) is 0 Å². The molecule has 3 rings (SSSR count). The number of aromatic nitrogens is 2. The molecule has 0 radical (unpaired) electrons. The van der Waals surface area contributed by atoms with Crippen LogP contribution in [0.3, 0.4) is 0 Å². The predicted octanol–water partition coefficient (Wildman–Crippen LogP) is 4.52. The summed E-state index contributed by atoms with van der Waals surface area (Å²) in [6.07, 6.45) is 7.41. The fourth-order valence-corrected chi connectivity index (χ4v) is 3.70. The molecule has 26 heavy (non-hydrogen) atoms. The van der Waals surface area contributed by atoms with E-state index in [1.807, 2.05) is 12.5 Å². The van der Waals surface area contributed by atoms with Crippen molar-refractivity contribution < 1.29 is 9.47 Å². The smallest absolute Gasteiger partial charge is 0.186 e. The Balaban J connectivity index is 1.83. The van der Waals surface area contributed by atoms with E-state index in [0.29, 0.717) is 19.8 Å². The summed E-state index contributed by atoms with van der Waals surface area (Å²) in [5, 5.41) is 0. The number of nitrogens with zero attached hydrogens (tertiary/aromatic N) is 2. The van der Waals surface area contributed by atoms with E-state index < -0.39 is 5.79 Å². The molecule has 4 nitrogen and oxygen atoms in total. The van der Waals surface area contributed by atoms with Crippen molar-refractivity contribution in [2.75, 3.05) is 13.2 Å². The van der Waals surface area contributed by atoms with Gasteiger partial charge >= 0.3 is 0 Å². The Bertz CT molecular complexity index is 727. The van der Waals surface area contributed by atoms with Crippen molar-refractivity contribution in [3.8, 4) is 0 Å². The molecule has 0 amide bonds. The average molecular weight is 357 g/mol. The van der Waals surface area contributed by atoms with Crippen LogP contribution >= 0.6 is 0 Å². The maximum absolute atomic E-state index is 6.35. The molecule has 1 aromatic heterocycles. The van der Waals surface area contributed by atoms with Gasteiger partial charge in [-0.3, -0.25) is 0 Å². The van der Waals surface area contributed by atoms with Gasteiger partial charge in [-0.05, 0) is 61.9 Å². The first kappa shape index (κ1) is 19.1. The maximum atomic E-state index is 6.35. The van der Waals surface area contributed by atoms with Gasteiger partial charge in [0.05, 0.1) is 26.1 Å². The minimum absolute atomic E-state index is 0.0597. The van der Waals surface area contributed by atoms with E-state index in [9.17, 15) is 0 Å². The van der Waals surface area contributed by atoms with Gasteiger partial charge < -0.3 is 14.0 Å². The quantitative estimate of drug-likeness (QED) is 0.790. The number of hydrogen-bond donors (Lipinski definition) is 0. The Morgan fingerprint density at radius 2 is 1.65 bits per heavy atom. The van der Waals surface area contributed by atoms with E-state index in [4.69, 9.17) is 9.47 Å². The van der Waals surface area contributed by atoms with Crippen molar-refractivity contribution in [1.29, 1.82) is 0 Å². The third-order valence-electron chi connectivity index (χ3n) is 5.71. The lowest BCUT2D eigenvalue weighted by molar-refractivity contribution is -0.307. The van der Waals surface area contributed by atoms with E-state index in [2.05, 4.69) is 57.2 Å². The van der Waals surface area contributed by atoms with Crippen LogP contribution in [0.25, 0.3) is 0 Å². The van der Waals surface area contributed by atoms with Crippen LogP contribution in [-0.2, 0) is 22.4 Å². The first-order valence-corrected chi connectivity index (χ1v) is 9.51. The molecular formula is C22H32N2O2. The molecule has 0 aliphatic carbocycles. The van der Waals surface area contributed by atoms with Crippen molar-refractivity contribution in [2.45, 2.75) is 66.7 Å². The second-order valence-electron chi connectivity index (χ2n) is 8.63. The standard InChI is InChI=1S/C22H32N2O2/c1-16-11-17(2)19(4)20(18(16)3)7-8-22(12-24-10-9-23-15-24)25-13-21(5,6)14-26-22/h9-11,15H,7-8,12-14H2,1-6H3. The third-order valence-corrected chi connectivity index (χ3v) is 5.71. The summed E-state index contributed by atoms with van der Waals surface area (Å²) in [6.45, 7) is 15.3. The predicted molar refractivity (Wildman–Crippen MR) is 104 cm³/mol. The van der Waals surface area contributed by atoms with E-state index in [0.717, 1.165) is 12.8 Å². The van der Waals surface area contributed by atoms with Crippen molar-refractivity contribution >= 4 is 0 Å². The van der Waals surface area contributed by atoms with Crippen LogP contribution in [0.15, 0.2) is 24.8 Å². The Kier molecular flexibility index (Phi) is 5.27. The van der Waals surface area contributed by atoms with Gasteiger partial charge in [-0.2, -0.15) is 0 Å². The van der Waals surface area contributed by atoms with E-state index in [-0.39, 0.29) is 5.41 Å². The SMILES string of the molecule is Cc1cc(C)c(C)c(CCC2(Cn3ccnc3)OCC(C)(C)CO2)c1C. The molecule has 0 spiro atoms. The summed E-state index contributed by atoms with van der Waals surface area (Å²) in [4.78, 5) is 4.17. The largest absolute Gasteiger partial charge is 0.348 e. The second-order valence-corrected chi connectivity index (χ2v) is 8.63. The number of benzene rings is 1. The van der Waals surface area contributed by atoms with Gasteiger partial charge in [-0.25, -0.2) is 4.98 Å². The molecule has 2 heterocycles. The highest BCUT2D eigenvalue weighted by Crippen LogP contribution is 2.35. The van der Waals surface area contributed by atoms with Gasteiger partial charge in [-0.15, -0.1) is 0 Å². The summed E-state index contributed by atoms with van der Waals surface area (Å²) < 4.78 is 14.7. The topological polar surface area (TPSA) is 36.3 Å². The van der Waals surface area contributed by atoms with Gasteiger partial charge in [-0.1, -0.05) is 19.9 Å². The molecule has 2 aromatic rings. The first-order valence-electron chi connectivity index (χ1n) is 9.51. The number of hydrogen-bond acceptors (Lipinski definition) is 3. The molecule has 1 saturated heterocycles. The Morgan fingerprint density at radius 1 is 1.04 bits per heavy atom. The Hall–Kier alpha value is -1.65. The molecule has 1 aliphatic heterocycles. The number of rotatable bonds is 5. The summed E-state index contributed by atoms with van der Waals surface area (Å²) in [6, 6.07) is 2.28. The zero-order valence-corrected chi connectivity index (χ0v) is 17.1. The molecule has 0 bridgehead atoms. The molecule has 0 unspecified atom stereocenters.